The molecule has 102 valence electrons. The summed E-state index contributed by atoms with van der Waals surface area (Å²) in [4.78, 5) is 14.3. The van der Waals surface area contributed by atoms with E-state index < -0.39 is 5.91 Å². The fourth-order valence-electron chi connectivity index (χ4n) is 1.62. The zero-order chi connectivity index (χ0) is 14.5. The van der Waals surface area contributed by atoms with Crippen LogP contribution in [0.15, 0.2) is 35.6 Å². The zero-order valence-electron chi connectivity index (χ0n) is 10.5. The third-order valence-corrected chi connectivity index (χ3v) is 3.55. The van der Waals surface area contributed by atoms with Gasteiger partial charge in [-0.15, -0.1) is 5.10 Å². The Hall–Kier alpha value is -2.06. The number of amides is 1. The summed E-state index contributed by atoms with van der Waals surface area (Å²) in [5, 5.41) is 7.21. The second-order valence-electron chi connectivity index (χ2n) is 3.88. The van der Waals surface area contributed by atoms with Crippen molar-refractivity contribution in [3.05, 3.63) is 55.6 Å². The topological polar surface area (TPSA) is 92.9 Å². The average Bonchev–Trinajstić information content (AvgIpc) is 2.83. The van der Waals surface area contributed by atoms with Crippen molar-refractivity contribution in [2.75, 3.05) is 0 Å². The molecule has 2 aromatic rings. The molecule has 20 heavy (non-hydrogen) atoms. The molecule has 0 bridgehead atoms. The number of aryl methyl sites for hydroxylation is 1. The van der Waals surface area contributed by atoms with Gasteiger partial charge in [-0.3, -0.25) is 9.48 Å². The van der Waals surface area contributed by atoms with E-state index in [1.807, 2.05) is 6.07 Å². The van der Waals surface area contributed by atoms with Gasteiger partial charge in [0.25, 0.3) is 0 Å². The molecule has 2 rings (SSSR count). The summed E-state index contributed by atoms with van der Waals surface area (Å²) in [6.07, 6.45) is 1.76. The number of hydrogen-bond donors (Lipinski definition) is 0. The summed E-state index contributed by atoms with van der Waals surface area (Å²) in [5.41, 5.74) is 9.38. The van der Waals surface area contributed by atoms with E-state index in [2.05, 4.69) is 37.7 Å². The minimum atomic E-state index is -0.620. The number of aromatic nitrogens is 2. The summed E-state index contributed by atoms with van der Waals surface area (Å²) >= 11 is 2.10. The maximum absolute atomic E-state index is 11.7. The van der Waals surface area contributed by atoms with Crippen molar-refractivity contribution in [3.8, 4) is 5.88 Å². The summed E-state index contributed by atoms with van der Waals surface area (Å²) < 4.78 is 8.02. The molecular weight excluding hydrogens is 373 g/mol. The van der Waals surface area contributed by atoms with Gasteiger partial charge in [-0.05, 0) is 39.3 Å². The van der Waals surface area contributed by atoms with E-state index in [1.54, 1.807) is 36.1 Å². The highest BCUT2D eigenvalue weighted by Gasteiger charge is 2.13. The number of rotatable bonds is 4. The molecule has 0 saturated carbocycles. The third-order valence-electron chi connectivity index (χ3n) is 2.54. The molecule has 8 heteroatoms. The second-order valence-corrected chi connectivity index (χ2v) is 5.04. The van der Waals surface area contributed by atoms with Gasteiger partial charge in [0.05, 0.1) is 0 Å². The first-order chi connectivity index (χ1) is 9.61. The Labute approximate surface area is 128 Å². The molecule has 0 radical (unpaired) electrons. The summed E-state index contributed by atoms with van der Waals surface area (Å²) in [5.74, 6) is -0.153. The van der Waals surface area contributed by atoms with Crippen LogP contribution in [0.25, 0.3) is 10.4 Å². The molecule has 0 aliphatic heterocycles. The Morgan fingerprint density at radius 2 is 2.35 bits per heavy atom. The van der Waals surface area contributed by atoms with Gasteiger partial charge >= 0.3 is 0 Å². The van der Waals surface area contributed by atoms with Crippen LogP contribution in [0.1, 0.15) is 15.9 Å². The molecule has 7 nitrogen and oxygen atoms in total. The highest BCUT2D eigenvalue weighted by atomic mass is 127. The lowest BCUT2D eigenvalue weighted by Crippen LogP contribution is -2.07. The van der Waals surface area contributed by atoms with Gasteiger partial charge in [-0.25, -0.2) is 0 Å². The molecule has 1 aromatic heterocycles. The monoisotopic (exact) mass is 383 g/mol. The Bertz CT molecular complexity index is 691. The van der Waals surface area contributed by atoms with Crippen LogP contribution in [0.4, 0.5) is 0 Å². The number of carbonyl (C=O) groups excluding carboxylic acids is 1. The molecule has 0 saturated heterocycles. The standard InChI is InChI=1S/C12H10IN5O2/c1-18-6-5-11(16-18)20-7-9-8(12(19)15-17-14)3-2-4-10(9)13/h2-6H,7H2,1H3. The van der Waals surface area contributed by atoms with Crippen LogP contribution in [-0.4, -0.2) is 15.7 Å². The summed E-state index contributed by atoms with van der Waals surface area (Å²) in [6.45, 7) is 0.179. The highest BCUT2D eigenvalue weighted by molar-refractivity contribution is 14.1. The lowest BCUT2D eigenvalue weighted by molar-refractivity contribution is 0.0997. The first kappa shape index (κ1) is 14.4. The van der Waals surface area contributed by atoms with Gasteiger partial charge in [0, 0.05) is 38.9 Å². The first-order valence-corrected chi connectivity index (χ1v) is 6.69. The number of ether oxygens (including phenoxy) is 1. The van der Waals surface area contributed by atoms with E-state index in [-0.39, 0.29) is 6.61 Å². The number of benzene rings is 1. The van der Waals surface area contributed by atoms with Crippen LogP contribution in [0.5, 0.6) is 5.88 Å². The van der Waals surface area contributed by atoms with Crippen molar-refractivity contribution in [1.82, 2.24) is 9.78 Å². The Kier molecular flexibility index (Phi) is 4.59. The van der Waals surface area contributed by atoms with Crippen molar-refractivity contribution >= 4 is 28.5 Å². The maximum Gasteiger partial charge on any atom is 0.249 e. The quantitative estimate of drug-likeness (QED) is 0.352. The van der Waals surface area contributed by atoms with Gasteiger partial charge < -0.3 is 4.74 Å². The molecule has 0 aliphatic carbocycles. The van der Waals surface area contributed by atoms with E-state index in [1.165, 1.54) is 0 Å². The van der Waals surface area contributed by atoms with E-state index in [9.17, 15) is 4.79 Å². The van der Waals surface area contributed by atoms with Crippen LogP contribution in [0, 0.1) is 3.57 Å². The van der Waals surface area contributed by atoms with Crippen LogP contribution >= 0.6 is 22.6 Å². The first-order valence-electron chi connectivity index (χ1n) is 5.61. The number of nitrogens with zero attached hydrogens (tertiary/aromatic N) is 5. The molecule has 1 aromatic carbocycles. The SMILES string of the molecule is Cn1ccc(OCc2c(I)cccc2C(=O)N=[N+]=[N-])n1. The van der Waals surface area contributed by atoms with Crippen LogP contribution in [-0.2, 0) is 13.7 Å². The third kappa shape index (κ3) is 3.28. The molecule has 0 aliphatic rings. The second kappa shape index (κ2) is 6.40. The largest absolute Gasteiger partial charge is 0.472 e. The van der Waals surface area contributed by atoms with Crippen molar-refractivity contribution in [2.45, 2.75) is 6.61 Å². The Morgan fingerprint density at radius 3 is 3.00 bits per heavy atom. The number of azide groups is 1. The van der Waals surface area contributed by atoms with Crippen LogP contribution < -0.4 is 4.74 Å². The van der Waals surface area contributed by atoms with E-state index >= 15 is 0 Å². The molecular formula is C12H10IN5O2. The smallest absolute Gasteiger partial charge is 0.249 e. The zero-order valence-corrected chi connectivity index (χ0v) is 12.7. The van der Waals surface area contributed by atoms with Gasteiger partial charge in [0.15, 0.2) is 0 Å². The fraction of sp³-hybridized carbons (Fsp3) is 0.167. The lowest BCUT2D eigenvalue weighted by atomic mass is 10.1. The Balaban J connectivity index is 2.25. The van der Waals surface area contributed by atoms with E-state index in [0.717, 1.165) is 3.57 Å². The summed E-state index contributed by atoms with van der Waals surface area (Å²) in [7, 11) is 1.79. The maximum atomic E-state index is 11.7. The van der Waals surface area contributed by atoms with Crippen molar-refractivity contribution in [1.29, 1.82) is 0 Å². The predicted octanol–water partition coefficient (Wildman–Crippen LogP) is 3.05. The van der Waals surface area contributed by atoms with Crippen LogP contribution in [0.3, 0.4) is 0 Å². The molecule has 0 atom stereocenters. The summed E-state index contributed by atoms with van der Waals surface area (Å²) in [6, 6.07) is 6.91. The molecule has 0 unspecified atom stereocenters. The average molecular weight is 383 g/mol. The van der Waals surface area contributed by atoms with Crippen molar-refractivity contribution in [2.24, 2.45) is 12.2 Å². The highest BCUT2D eigenvalue weighted by Crippen LogP contribution is 2.20. The number of hydrogen-bond acceptors (Lipinski definition) is 3. The minimum absolute atomic E-state index is 0.179. The van der Waals surface area contributed by atoms with Crippen LogP contribution in [0.2, 0.25) is 0 Å². The molecule has 0 spiro atoms. The predicted molar refractivity (Wildman–Crippen MR) is 80.2 cm³/mol. The van der Waals surface area contributed by atoms with Crippen molar-refractivity contribution < 1.29 is 9.53 Å². The molecule has 1 heterocycles. The Morgan fingerprint density at radius 1 is 1.55 bits per heavy atom. The van der Waals surface area contributed by atoms with E-state index in [0.29, 0.717) is 17.0 Å². The van der Waals surface area contributed by atoms with Gasteiger partial charge in [0.1, 0.15) is 6.61 Å². The van der Waals surface area contributed by atoms with Crippen molar-refractivity contribution in [3.63, 3.8) is 0 Å². The number of halogens is 1. The molecule has 1 amide bonds. The van der Waals surface area contributed by atoms with E-state index in [4.69, 9.17) is 10.3 Å². The van der Waals surface area contributed by atoms with Gasteiger partial charge in [-0.2, -0.15) is 0 Å². The molecule has 0 N–H and O–H groups in total. The minimum Gasteiger partial charge on any atom is -0.472 e. The fourth-order valence-corrected chi connectivity index (χ4v) is 2.27. The van der Waals surface area contributed by atoms with Gasteiger partial charge in [-0.1, -0.05) is 12.1 Å². The normalized spacial score (nSPS) is 9.90. The molecule has 0 fully saturated rings. The lowest BCUT2D eigenvalue weighted by Gasteiger charge is -2.09. The van der Waals surface area contributed by atoms with Gasteiger partial charge in [0.2, 0.25) is 11.8 Å². The number of carbonyl (C=O) groups is 1.